The lowest BCUT2D eigenvalue weighted by molar-refractivity contribution is -0.862. The van der Waals surface area contributed by atoms with Crippen molar-refractivity contribution in [2.24, 2.45) is 0 Å². The van der Waals surface area contributed by atoms with E-state index in [1.54, 1.807) is 31.3 Å². The van der Waals surface area contributed by atoms with E-state index in [2.05, 4.69) is 10.6 Å². The summed E-state index contributed by atoms with van der Waals surface area (Å²) in [5.41, 5.74) is 1.94. The van der Waals surface area contributed by atoms with Crippen LogP contribution >= 0.6 is 11.6 Å². The van der Waals surface area contributed by atoms with Crippen LogP contribution in [-0.2, 0) is 9.59 Å². The molecule has 0 radical (unpaired) electrons. The number of likely N-dealkylation sites (N-methyl/N-ethyl adjacent to an activating group) is 1. The number of nitrogens with one attached hydrogen (secondary N) is 3. The molecule has 3 N–H and O–H groups in total. The minimum Gasteiger partial charge on any atom is -0.322 e. The Bertz CT molecular complexity index is 783. The molecule has 0 aliphatic rings. The van der Waals surface area contributed by atoms with Crippen molar-refractivity contribution in [2.75, 3.05) is 30.8 Å². The van der Waals surface area contributed by atoms with E-state index >= 15 is 0 Å². The number of hydrogen-bond acceptors (Lipinski definition) is 2. The Morgan fingerprint density at radius 1 is 1.08 bits per heavy atom. The van der Waals surface area contributed by atoms with Gasteiger partial charge in [0.15, 0.2) is 13.1 Å². The molecule has 0 spiro atoms. The Balaban J connectivity index is 1.83. The summed E-state index contributed by atoms with van der Waals surface area (Å²) < 4.78 is 13.1. The van der Waals surface area contributed by atoms with Crippen LogP contribution in [0.1, 0.15) is 5.56 Å². The fourth-order valence-electron chi connectivity index (χ4n) is 2.34. The summed E-state index contributed by atoms with van der Waals surface area (Å²) in [6, 6.07) is 10.9. The third kappa shape index (κ3) is 6.17. The molecule has 0 aliphatic heterocycles. The maximum absolute atomic E-state index is 13.1. The van der Waals surface area contributed by atoms with Crippen LogP contribution in [-0.4, -0.2) is 32.0 Å². The molecule has 2 rings (SSSR count). The number of hydrogen-bond donors (Lipinski definition) is 3. The molecule has 25 heavy (non-hydrogen) atoms. The molecule has 7 heteroatoms. The van der Waals surface area contributed by atoms with Gasteiger partial charge in [-0.25, -0.2) is 4.39 Å². The predicted octanol–water partition coefficient (Wildman–Crippen LogP) is 1.88. The zero-order valence-corrected chi connectivity index (χ0v) is 14.8. The highest BCUT2D eigenvalue weighted by molar-refractivity contribution is 6.30. The Kier molecular flexibility index (Phi) is 6.50. The molecule has 0 saturated carbocycles. The number of carbonyl (C=O) groups is 2. The molecule has 2 amide bonds. The van der Waals surface area contributed by atoms with Crippen LogP contribution < -0.4 is 15.5 Å². The van der Waals surface area contributed by atoms with Crippen molar-refractivity contribution in [1.29, 1.82) is 0 Å². The maximum Gasteiger partial charge on any atom is 0.279 e. The van der Waals surface area contributed by atoms with Gasteiger partial charge in [-0.2, -0.15) is 0 Å². The first-order valence-corrected chi connectivity index (χ1v) is 8.14. The van der Waals surface area contributed by atoms with Gasteiger partial charge in [0.2, 0.25) is 0 Å². The van der Waals surface area contributed by atoms with Crippen LogP contribution in [0.5, 0.6) is 0 Å². The number of anilines is 2. The summed E-state index contributed by atoms with van der Waals surface area (Å²) in [6.07, 6.45) is 0. The van der Waals surface area contributed by atoms with E-state index in [1.165, 1.54) is 18.2 Å². The number of benzene rings is 2. The second-order valence-electron chi connectivity index (χ2n) is 5.88. The van der Waals surface area contributed by atoms with Crippen LogP contribution in [0.4, 0.5) is 15.8 Å². The minimum absolute atomic E-state index is 0.0868. The van der Waals surface area contributed by atoms with Gasteiger partial charge in [-0.05, 0) is 48.9 Å². The number of carbonyl (C=O) groups excluding carboxylic acids is 2. The van der Waals surface area contributed by atoms with Crippen LogP contribution in [0.3, 0.4) is 0 Å². The summed E-state index contributed by atoms with van der Waals surface area (Å²) >= 11 is 5.89. The van der Waals surface area contributed by atoms with Gasteiger partial charge in [-0.3, -0.25) is 9.59 Å². The Morgan fingerprint density at radius 2 is 1.76 bits per heavy atom. The number of halogens is 2. The molecule has 5 nitrogen and oxygen atoms in total. The van der Waals surface area contributed by atoms with E-state index in [9.17, 15) is 14.0 Å². The van der Waals surface area contributed by atoms with Crippen LogP contribution in [0.15, 0.2) is 42.5 Å². The molecule has 0 heterocycles. The average molecular weight is 365 g/mol. The van der Waals surface area contributed by atoms with E-state index in [0.29, 0.717) is 21.3 Å². The Hall–Kier alpha value is -2.44. The van der Waals surface area contributed by atoms with E-state index in [0.717, 1.165) is 5.56 Å². The van der Waals surface area contributed by atoms with Crippen LogP contribution in [0, 0.1) is 12.7 Å². The zero-order valence-electron chi connectivity index (χ0n) is 14.0. The van der Waals surface area contributed by atoms with E-state index in [-0.39, 0.29) is 24.9 Å². The van der Waals surface area contributed by atoms with Crippen molar-refractivity contribution in [1.82, 2.24) is 0 Å². The summed E-state index contributed by atoms with van der Waals surface area (Å²) in [4.78, 5) is 24.8. The zero-order chi connectivity index (χ0) is 18.4. The van der Waals surface area contributed by atoms with Crippen molar-refractivity contribution >= 4 is 34.8 Å². The molecule has 1 unspecified atom stereocenters. The van der Waals surface area contributed by atoms with Crippen LogP contribution in [0.25, 0.3) is 0 Å². The second kappa shape index (κ2) is 8.60. The maximum atomic E-state index is 13.1. The standard InChI is InChI=1S/C18H19ClFN3O2/c1-12-8-13(19)6-7-16(12)22-18(25)11-23(2)10-17(24)21-15-5-3-4-14(20)9-15/h3-9H,10-11H2,1-2H3,(H,21,24)(H,22,25)/p+1. The Morgan fingerprint density at radius 3 is 2.40 bits per heavy atom. The first-order chi connectivity index (χ1) is 11.8. The van der Waals surface area contributed by atoms with Crippen molar-refractivity contribution < 1.29 is 18.9 Å². The van der Waals surface area contributed by atoms with Gasteiger partial charge < -0.3 is 15.5 Å². The summed E-state index contributed by atoms with van der Waals surface area (Å²) in [5, 5.41) is 6.01. The average Bonchev–Trinajstić information content (AvgIpc) is 2.49. The topological polar surface area (TPSA) is 62.6 Å². The molecular weight excluding hydrogens is 345 g/mol. The quantitative estimate of drug-likeness (QED) is 0.733. The monoisotopic (exact) mass is 364 g/mol. The molecule has 0 aromatic heterocycles. The number of quaternary nitrogens is 1. The number of amides is 2. The SMILES string of the molecule is Cc1cc(Cl)ccc1NC(=O)C[NH+](C)CC(=O)Nc1cccc(F)c1. The van der Waals surface area contributed by atoms with Gasteiger partial charge in [0.1, 0.15) is 5.82 Å². The van der Waals surface area contributed by atoms with Gasteiger partial charge in [0, 0.05) is 16.4 Å². The first kappa shape index (κ1) is 18.9. The Labute approximate surface area is 150 Å². The molecule has 0 bridgehead atoms. The van der Waals surface area contributed by atoms with Crippen molar-refractivity contribution in [2.45, 2.75) is 6.92 Å². The summed E-state index contributed by atoms with van der Waals surface area (Å²) in [6.45, 7) is 2.06. The number of aryl methyl sites for hydroxylation is 1. The third-order valence-electron chi connectivity index (χ3n) is 3.50. The van der Waals surface area contributed by atoms with Gasteiger partial charge >= 0.3 is 0 Å². The molecular formula is C18H20ClFN3O2+. The molecule has 2 aromatic carbocycles. The highest BCUT2D eigenvalue weighted by Crippen LogP contribution is 2.19. The van der Waals surface area contributed by atoms with E-state index in [4.69, 9.17) is 11.6 Å². The molecule has 132 valence electrons. The summed E-state index contributed by atoms with van der Waals surface area (Å²) in [5.74, 6) is -0.920. The predicted molar refractivity (Wildman–Crippen MR) is 96.5 cm³/mol. The lowest BCUT2D eigenvalue weighted by Gasteiger charge is -2.14. The van der Waals surface area contributed by atoms with Crippen molar-refractivity contribution in [3.63, 3.8) is 0 Å². The third-order valence-corrected chi connectivity index (χ3v) is 3.73. The van der Waals surface area contributed by atoms with Gasteiger partial charge in [-0.1, -0.05) is 17.7 Å². The fraction of sp³-hybridized carbons (Fsp3) is 0.222. The summed E-state index contributed by atoms with van der Waals surface area (Å²) in [7, 11) is 1.74. The van der Waals surface area contributed by atoms with Gasteiger partial charge in [0.05, 0.1) is 7.05 Å². The number of rotatable bonds is 6. The highest BCUT2D eigenvalue weighted by Gasteiger charge is 2.15. The molecule has 0 fully saturated rings. The second-order valence-corrected chi connectivity index (χ2v) is 6.31. The lowest BCUT2D eigenvalue weighted by Crippen LogP contribution is -3.11. The van der Waals surface area contributed by atoms with Crippen molar-refractivity contribution in [3.05, 3.63) is 58.9 Å². The van der Waals surface area contributed by atoms with E-state index < -0.39 is 5.82 Å². The molecule has 2 aromatic rings. The highest BCUT2D eigenvalue weighted by atomic mass is 35.5. The van der Waals surface area contributed by atoms with Crippen molar-refractivity contribution in [3.8, 4) is 0 Å². The fourth-order valence-corrected chi connectivity index (χ4v) is 2.57. The lowest BCUT2D eigenvalue weighted by atomic mass is 10.2. The molecule has 0 aliphatic carbocycles. The van der Waals surface area contributed by atoms with Gasteiger partial charge in [-0.15, -0.1) is 0 Å². The van der Waals surface area contributed by atoms with Gasteiger partial charge in [0.25, 0.3) is 11.8 Å². The van der Waals surface area contributed by atoms with E-state index in [1.807, 2.05) is 6.92 Å². The molecule has 0 saturated heterocycles. The molecule has 1 atom stereocenters. The largest absolute Gasteiger partial charge is 0.322 e. The van der Waals surface area contributed by atoms with Crippen LogP contribution in [0.2, 0.25) is 5.02 Å². The smallest absolute Gasteiger partial charge is 0.279 e. The first-order valence-electron chi connectivity index (χ1n) is 7.76. The minimum atomic E-state index is -0.420. The normalized spacial score (nSPS) is 11.7.